The number of fused-ring (bicyclic) bond motifs is 1. The van der Waals surface area contributed by atoms with Gasteiger partial charge in [0.15, 0.2) is 5.13 Å². The normalized spacial score (nSPS) is 17.6. The maximum Gasteiger partial charge on any atom is 0.301 e. The number of aliphatic hydroxyl groups is 1. The Morgan fingerprint density at radius 1 is 0.971 bits per heavy atom. The van der Waals surface area contributed by atoms with Gasteiger partial charge in [0.05, 0.1) is 21.8 Å². The van der Waals surface area contributed by atoms with E-state index >= 15 is 0 Å². The van der Waals surface area contributed by atoms with E-state index in [2.05, 4.69) is 0 Å². The zero-order valence-corrected chi connectivity index (χ0v) is 19.7. The molecule has 2 N–H and O–H groups in total. The van der Waals surface area contributed by atoms with Crippen molar-refractivity contribution in [2.45, 2.75) is 26.8 Å². The van der Waals surface area contributed by atoms with E-state index in [0.29, 0.717) is 16.3 Å². The van der Waals surface area contributed by atoms with Crippen LogP contribution in [0.4, 0.5) is 5.13 Å². The van der Waals surface area contributed by atoms with Crippen molar-refractivity contribution >= 4 is 44.1 Å². The van der Waals surface area contributed by atoms with Gasteiger partial charge in [-0.1, -0.05) is 59.4 Å². The number of aliphatic hydroxyl groups excluding tert-OH is 1. The van der Waals surface area contributed by atoms with Crippen molar-refractivity contribution < 1.29 is 19.8 Å². The zero-order chi connectivity index (χ0) is 24.1. The summed E-state index contributed by atoms with van der Waals surface area (Å²) in [6.45, 7) is 5.87. The second-order valence-electron chi connectivity index (χ2n) is 8.56. The third-order valence-electron chi connectivity index (χ3n) is 5.98. The van der Waals surface area contributed by atoms with Crippen molar-refractivity contribution in [2.24, 2.45) is 0 Å². The maximum atomic E-state index is 13.3. The molecule has 0 spiro atoms. The second kappa shape index (κ2) is 8.11. The molecule has 2 heterocycles. The Hall–Kier alpha value is -3.97. The molecule has 1 aliphatic rings. The van der Waals surface area contributed by atoms with Gasteiger partial charge >= 0.3 is 5.91 Å². The number of anilines is 1. The van der Waals surface area contributed by atoms with Crippen LogP contribution in [0.3, 0.4) is 0 Å². The summed E-state index contributed by atoms with van der Waals surface area (Å²) in [5, 5.41) is 21.7. The third-order valence-corrected chi connectivity index (χ3v) is 6.98. The van der Waals surface area contributed by atoms with Crippen LogP contribution in [0.5, 0.6) is 5.75 Å². The average molecular weight is 471 g/mol. The van der Waals surface area contributed by atoms with Crippen molar-refractivity contribution in [3.05, 3.63) is 94.1 Å². The quantitative estimate of drug-likeness (QED) is 0.233. The molecule has 0 aliphatic carbocycles. The third kappa shape index (κ3) is 3.54. The Kier molecular flexibility index (Phi) is 5.21. The molecule has 0 saturated carbocycles. The van der Waals surface area contributed by atoms with Crippen LogP contribution in [-0.2, 0) is 9.59 Å². The number of phenolic OH excluding ortho intramolecular Hbond substituents is 1. The topological polar surface area (TPSA) is 90.7 Å². The predicted octanol–water partition coefficient (Wildman–Crippen LogP) is 5.55. The SMILES string of the molecule is Cc1ccc(C(O)=C2C(=O)C(=O)N(c3nc4c(C)cc(C)cc4s3)C2c2cccc(O)c2)cc1. The van der Waals surface area contributed by atoms with Gasteiger partial charge in [-0.2, -0.15) is 0 Å². The number of aromatic nitrogens is 1. The molecular weight excluding hydrogens is 448 g/mol. The molecule has 4 aromatic rings. The minimum atomic E-state index is -0.935. The summed E-state index contributed by atoms with van der Waals surface area (Å²) < 4.78 is 0.905. The first kappa shape index (κ1) is 21.9. The molecule has 1 amide bonds. The zero-order valence-electron chi connectivity index (χ0n) is 18.9. The van der Waals surface area contributed by atoms with Crippen LogP contribution in [0.15, 0.2) is 66.2 Å². The number of ketones is 1. The molecule has 0 radical (unpaired) electrons. The number of nitrogens with zero attached hydrogens (tertiary/aromatic N) is 2. The standard InChI is InChI=1S/C27H22N2O4S/c1-14-7-9-17(10-8-14)24(31)21-23(18-5-4-6-19(30)13-18)29(26(33)25(21)32)27-28-22-16(3)11-15(2)12-20(22)34-27/h4-13,23,30-31H,1-3H3. The second-order valence-corrected chi connectivity index (χ2v) is 9.56. The highest BCUT2D eigenvalue weighted by molar-refractivity contribution is 7.22. The number of Topliss-reactive ketones (excluding diaryl/α,β-unsaturated/α-hetero) is 1. The smallest absolute Gasteiger partial charge is 0.301 e. The highest BCUT2D eigenvalue weighted by atomic mass is 32.1. The maximum absolute atomic E-state index is 13.3. The van der Waals surface area contributed by atoms with E-state index in [1.54, 1.807) is 24.3 Å². The van der Waals surface area contributed by atoms with E-state index < -0.39 is 17.7 Å². The molecule has 170 valence electrons. The van der Waals surface area contributed by atoms with E-state index in [-0.39, 0.29) is 17.1 Å². The van der Waals surface area contributed by atoms with Crippen LogP contribution in [-0.4, -0.2) is 26.9 Å². The molecule has 1 unspecified atom stereocenters. The van der Waals surface area contributed by atoms with Crippen molar-refractivity contribution in [1.82, 2.24) is 4.98 Å². The Morgan fingerprint density at radius 2 is 1.71 bits per heavy atom. The number of aryl methyl sites for hydroxylation is 3. The van der Waals surface area contributed by atoms with Crippen molar-refractivity contribution in [3.8, 4) is 5.75 Å². The predicted molar refractivity (Wildman–Crippen MR) is 133 cm³/mol. The molecular formula is C27H22N2O4S. The van der Waals surface area contributed by atoms with E-state index in [9.17, 15) is 19.8 Å². The first-order valence-electron chi connectivity index (χ1n) is 10.8. The molecule has 34 heavy (non-hydrogen) atoms. The Labute approximate surface area is 200 Å². The lowest BCUT2D eigenvalue weighted by Gasteiger charge is -2.23. The number of carbonyl (C=O) groups is 2. The van der Waals surface area contributed by atoms with Gasteiger partial charge in [-0.25, -0.2) is 4.98 Å². The molecule has 0 bridgehead atoms. The number of rotatable bonds is 3. The molecule has 1 aromatic heterocycles. The van der Waals surface area contributed by atoms with Crippen molar-refractivity contribution in [3.63, 3.8) is 0 Å². The van der Waals surface area contributed by atoms with Gasteiger partial charge in [0.1, 0.15) is 11.5 Å². The molecule has 7 heteroatoms. The number of amides is 1. The van der Waals surface area contributed by atoms with Crippen molar-refractivity contribution in [2.75, 3.05) is 4.90 Å². The lowest BCUT2D eigenvalue weighted by Crippen LogP contribution is -2.29. The minimum Gasteiger partial charge on any atom is -0.508 e. The number of hydrogen-bond acceptors (Lipinski definition) is 6. The molecule has 1 atom stereocenters. The Bertz CT molecular complexity index is 1500. The fourth-order valence-electron chi connectivity index (χ4n) is 4.37. The van der Waals surface area contributed by atoms with Gasteiger partial charge in [-0.05, 0) is 55.7 Å². The van der Waals surface area contributed by atoms with Crippen LogP contribution < -0.4 is 4.90 Å². The summed E-state index contributed by atoms with van der Waals surface area (Å²) >= 11 is 1.32. The van der Waals surface area contributed by atoms with E-state index in [1.807, 2.05) is 45.0 Å². The van der Waals surface area contributed by atoms with Gasteiger partial charge in [-0.15, -0.1) is 0 Å². The summed E-state index contributed by atoms with van der Waals surface area (Å²) in [5.74, 6) is -1.83. The monoisotopic (exact) mass is 470 g/mol. The fourth-order valence-corrected chi connectivity index (χ4v) is 5.54. The summed E-state index contributed by atoms with van der Waals surface area (Å²) in [5.41, 5.74) is 4.72. The lowest BCUT2D eigenvalue weighted by molar-refractivity contribution is -0.132. The van der Waals surface area contributed by atoms with Gasteiger partial charge < -0.3 is 10.2 Å². The Morgan fingerprint density at radius 3 is 2.41 bits per heavy atom. The first-order chi connectivity index (χ1) is 16.2. The minimum absolute atomic E-state index is 0.00538. The van der Waals surface area contributed by atoms with Gasteiger partial charge in [-0.3, -0.25) is 14.5 Å². The summed E-state index contributed by atoms with van der Waals surface area (Å²) in [4.78, 5) is 32.7. The van der Waals surface area contributed by atoms with Crippen LogP contribution >= 0.6 is 11.3 Å². The molecule has 1 saturated heterocycles. The number of carbonyl (C=O) groups excluding carboxylic acids is 2. The number of benzene rings is 3. The summed E-state index contributed by atoms with van der Waals surface area (Å²) in [7, 11) is 0. The van der Waals surface area contributed by atoms with Gasteiger partial charge in [0, 0.05) is 5.56 Å². The number of aromatic hydroxyl groups is 1. The average Bonchev–Trinajstić information content (AvgIpc) is 3.33. The van der Waals surface area contributed by atoms with Gasteiger partial charge in [0.2, 0.25) is 0 Å². The van der Waals surface area contributed by atoms with Crippen LogP contribution in [0.2, 0.25) is 0 Å². The van der Waals surface area contributed by atoms with E-state index in [4.69, 9.17) is 4.98 Å². The first-order valence-corrected chi connectivity index (χ1v) is 11.6. The summed E-state index contributed by atoms with van der Waals surface area (Å²) in [6.07, 6.45) is 0. The number of phenols is 1. The van der Waals surface area contributed by atoms with Gasteiger partial charge in [0.25, 0.3) is 5.78 Å². The molecule has 3 aromatic carbocycles. The van der Waals surface area contributed by atoms with Crippen LogP contribution in [0.1, 0.15) is 33.9 Å². The molecule has 1 fully saturated rings. The van der Waals surface area contributed by atoms with E-state index in [1.165, 1.54) is 28.4 Å². The number of thiazole rings is 1. The highest BCUT2D eigenvalue weighted by Gasteiger charge is 2.48. The van der Waals surface area contributed by atoms with Crippen molar-refractivity contribution in [1.29, 1.82) is 0 Å². The lowest BCUT2D eigenvalue weighted by atomic mass is 9.95. The molecule has 1 aliphatic heterocycles. The Balaban J connectivity index is 1.75. The largest absolute Gasteiger partial charge is 0.508 e. The van der Waals surface area contributed by atoms with Crippen LogP contribution in [0, 0.1) is 20.8 Å². The van der Waals surface area contributed by atoms with E-state index in [0.717, 1.165) is 26.9 Å². The molecule has 5 rings (SSSR count). The van der Waals surface area contributed by atoms with Crippen LogP contribution in [0.25, 0.3) is 16.0 Å². The molecule has 6 nitrogen and oxygen atoms in total. The summed E-state index contributed by atoms with van der Waals surface area (Å²) in [6, 6.07) is 16.5. The number of hydrogen-bond donors (Lipinski definition) is 2. The fraction of sp³-hybridized carbons (Fsp3) is 0.148. The highest BCUT2D eigenvalue weighted by Crippen LogP contribution is 2.45.